The van der Waals surface area contributed by atoms with Crippen molar-refractivity contribution >= 4 is 17.7 Å². The molecule has 0 bridgehead atoms. The van der Waals surface area contributed by atoms with Gasteiger partial charge in [-0.05, 0) is 68.3 Å². The second-order valence-corrected chi connectivity index (χ2v) is 8.63. The van der Waals surface area contributed by atoms with E-state index in [1.165, 1.54) is 23.9 Å². The molecule has 3 rings (SSSR count). The lowest BCUT2D eigenvalue weighted by Crippen LogP contribution is -2.48. The van der Waals surface area contributed by atoms with Crippen LogP contribution in [0, 0.1) is 6.92 Å². The van der Waals surface area contributed by atoms with Gasteiger partial charge in [-0.3, -0.25) is 0 Å². The summed E-state index contributed by atoms with van der Waals surface area (Å²) < 4.78 is 66.2. The van der Waals surface area contributed by atoms with Crippen LogP contribution in [0.1, 0.15) is 24.5 Å². The number of carbonyl (C=O) groups excluding carboxylic acids is 1. The Hall–Kier alpha value is -2.43. The molecular formula is C24H27F3O6S. The normalized spacial score (nSPS) is 15.6. The van der Waals surface area contributed by atoms with Crippen LogP contribution in [-0.2, 0) is 25.2 Å². The van der Waals surface area contributed by atoms with Crippen molar-refractivity contribution in [3.8, 4) is 11.5 Å². The maximum Gasteiger partial charge on any atom is 0.416 e. The van der Waals surface area contributed by atoms with E-state index in [2.05, 4.69) is 0 Å². The third-order valence-corrected chi connectivity index (χ3v) is 6.09. The van der Waals surface area contributed by atoms with E-state index in [1.54, 1.807) is 13.0 Å². The van der Waals surface area contributed by atoms with Gasteiger partial charge in [-0.2, -0.15) is 13.2 Å². The minimum absolute atomic E-state index is 0.0328. The molecular weight excluding hydrogens is 473 g/mol. The van der Waals surface area contributed by atoms with Crippen molar-refractivity contribution in [2.24, 2.45) is 0 Å². The first-order valence-electron chi connectivity index (χ1n) is 10.8. The summed E-state index contributed by atoms with van der Waals surface area (Å²) in [4.78, 5) is 12.4. The van der Waals surface area contributed by atoms with Gasteiger partial charge in [-0.1, -0.05) is 0 Å². The van der Waals surface area contributed by atoms with Crippen LogP contribution in [0.2, 0.25) is 0 Å². The SMILES string of the molecule is CCOC(=O)COc1ccc(SCC2(COc3ccc(C(F)(F)F)cc3)OCCCO2)cc1C. The summed E-state index contributed by atoms with van der Waals surface area (Å²) in [5, 5.41) is 0. The predicted octanol–water partition coefficient (Wildman–Crippen LogP) is 5.26. The van der Waals surface area contributed by atoms with E-state index < -0.39 is 23.5 Å². The van der Waals surface area contributed by atoms with E-state index in [-0.39, 0.29) is 13.2 Å². The number of carbonyl (C=O) groups is 1. The highest BCUT2D eigenvalue weighted by Gasteiger charge is 2.36. The summed E-state index contributed by atoms with van der Waals surface area (Å²) in [5.41, 5.74) is 0.121. The molecule has 1 aliphatic heterocycles. The van der Waals surface area contributed by atoms with Gasteiger partial charge in [0.15, 0.2) is 6.61 Å². The van der Waals surface area contributed by atoms with Crippen molar-refractivity contribution < 1.29 is 41.7 Å². The number of alkyl halides is 3. The van der Waals surface area contributed by atoms with Crippen LogP contribution in [0.5, 0.6) is 11.5 Å². The number of thioether (sulfide) groups is 1. The van der Waals surface area contributed by atoms with Crippen molar-refractivity contribution in [3.05, 3.63) is 53.6 Å². The monoisotopic (exact) mass is 500 g/mol. The fraction of sp³-hybridized carbons (Fsp3) is 0.458. The van der Waals surface area contributed by atoms with Crippen LogP contribution in [0.15, 0.2) is 47.4 Å². The molecule has 0 radical (unpaired) electrons. The molecule has 1 aliphatic rings. The molecule has 2 aromatic carbocycles. The zero-order chi connectivity index (χ0) is 24.6. The summed E-state index contributed by atoms with van der Waals surface area (Å²) in [6, 6.07) is 10.1. The van der Waals surface area contributed by atoms with Gasteiger partial charge >= 0.3 is 12.1 Å². The van der Waals surface area contributed by atoms with Crippen LogP contribution >= 0.6 is 11.8 Å². The van der Waals surface area contributed by atoms with Gasteiger partial charge in [0, 0.05) is 4.90 Å². The van der Waals surface area contributed by atoms with Gasteiger partial charge in [0.05, 0.1) is 31.1 Å². The van der Waals surface area contributed by atoms with Crippen LogP contribution in [-0.4, -0.2) is 50.5 Å². The number of halogens is 3. The zero-order valence-corrected chi connectivity index (χ0v) is 19.8. The minimum atomic E-state index is -4.40. The molecule has 6 nitrogen and oxygen atoms in total. The Morgan fingerprint density at radius 3 is 2.41 bits per heavy atom. The van der Waals surface area contributed by atoms with Crippen molar-refractivity contribution in [3.63, 3.8) is 0 Å². The van der Waals surface area contributed by atoms with Gasteiger partial charge in [0.2, 0.25) is 5.79 Å². The highest BCUT2D eigenvalue weighted by molar-refractivity contribution is 7.99. The van der Waals surface area contributed by atoms with Gasteiger partial charge in [-0.15, -0.1) is 11.8 Å². The van der Waals surface area contributed by atoms with E-state index >= 15 is 0 Å². The predicted molar refractivity (Wildman–Crippen MR) is 120 cm³/mol. The lowest BCUT2D eigenvalue weighted by atomic mass is 10.2. The van der Waals surface area contributed by atoms with Crippen LogP contribution < -0.4 is 9.47 Å². The van der Waals surface area contributed by atoms with E-state index in [1.807, 2.05) is 19.1 Å². The molecule has 0 N–H and O–H groups in total. The second-order valence-electron chi connectivity index (χ2n) is 7.58. The van der Waals surface area contributed by atoms with E-state index in [0.717, 1.165) is 29.0 Å². The Morgan fingerprint density at radius 1 is 1.09 bits per heavy atom. The fourth-order valence-corrected chi connectivity index (χ4v) is 4.23. The van der Waals surface area contributed by atoms with Gasteiger partial charge in [0.1, 0.15) is 18.1 Å². The highest BCUT2D eigenvalue weighted by Crippen LogP contribution is 2.33. The first-order valence-corrected chi connectivity index (χ1v) is 11.8. The molecule has 0 amide bonds. The molecule has 10 heteroatoms. The maximum atomic E-state index is 12.8. The number of ether oxygens (including phenoxy) is 5. The molecule has 1 saturated heterocycles. The minimum Gasteiger partial charge on any atom is -0.488 e. The van der Waals surface area contributed by atoms with Crippen molar-refractivity contribution in [1.29, 1.82) is 0 Å². The van der Waals surface area contributed by atoms with Gasteiger partial charge in [-0.25, -0.2) is 4.79 Å². The number of aryl methyl sites for hydroxylation is 1. The highest BCUT2D eigenvalue weighted by atomic mass is 32.2. The average Bonchev–Trinajstić information content (AvgIpc) is 2.81. The van der Waals surface area contributed by atoms with Crippen molar-refractivity contribution in [2.45, 2.75) is 37.1 Å². The first kappa shape index (κ1) is 26.2. The third-order valence-electron chi connectivity index (χ3n) is 4.92. The van der Waals surface area contributed by atoms with Crippen LogP contribution in [0.25, 0.3) is 0 Å². The Morgan fingerprint density at radius 2 is 1.79 bits per heavy atom. The molecule has 34 heavy (non-hydrogen) atoms. The Bertz CT molecular complexity index is 943. The Labute approximate surface area is 200 Å². The Kier molecular flexibility index (Phi) is 9.10. The molecule has 0 spiro atoms. The topological polar surface area (TPSA) is 63.2 Å². The van der Waals surface area contributed by atoms with Crippen molar-refractivity contribution in [2.75, 3.05) is 38.8 Å². The molecule has 2 aromatic rings. The van der Waals surface area contributed by atoms with E-state index in [9.17, 15) is 18.0 Å². The first-order chi connectivity index (χ1) is 16.2. The third kappa shape index (κ3) is 7.54. The number of esters is 1. The van der Waals surface area contributed by atoms with E-state index in [4.69, 9.17) is 23.7 Å². The molecule has 0 atom stereocenters. The Balaban J connectivity index is 1.59. The smallest absolute Gasteiger partial charge is 0.416 e. The summed E-state index contributed by atoms with van der Waals surface area (Å²) in [7, 11) is 0. The molecule has 0 aliphatic carbocycles. The molecule has 0 aromatic heterocycles. The summed E-state index contributed by atoms with van der Waals surface area (Å²) in [6.45, 7) is 4.77. The molecule has 186 valence electrons. The zero-order valence-electron chi connectivity index (χ0n) is 19.0. The van der Waals surface area contributed by atoms with Crippen molar-refractivity contribution in [1.82, 2.24) is 0 Å². The average molecular weight is 501 g/mol. The maximum absolute atomic E-state index is 12.8. The largest absolute Gasteiger partial charge is 0.488 e. The number of hydrogen-bond donors (Lipinski definition) is 0. The molecule has 0 unspecified atom stereocenters. The molecule has 1 heterocycles. The summed E-state index contributed by atoms with van der Waals surface area (Å²) in [5.74, 6) is -0.159. The van der Waals surface area contributed by atoms with Gasteiger partial charge < -0.3 is 23.7 Å². The number of rotatable bonds is 10. The van der Waals surface area contributed by atoms with Crippen LogP contribution in [0.4, 0.5) is 13.2 Å². The molecule has 0 saturated carbocycles. The number of hydrogen-bond acceptors (Lipinski definition) is 7. The standard InChI is InChI=1S/C24H27F3O6S/c1-3-29-22(28)14-30-21-10-9-20(13-17(21)2)34-16-23(32-11-4-12-33-23)15-31-19-7-5-18(6-8-19)24(25,26)27/h5-10,13H,3-4,11-12,14-16H2,1-2H3. The second kappa shape index (κ2) is 11.8. The summed E-state index contributed by atoms with van der Waals surface area (Å²) >= 11 is 1.50. The summed E-state index contributed by atoms with van der Waals surface area (Å²) in [6.07, 6.45) is -3.65. The lowest BCUT2D eigenvalue weighted by Gasteiger charge is -2.36. The van der Waals surface area contributed by atoms with Crippen LogP contribution in [0.3, 0.4) is 0 Å². The lowest BCUT2D eigenvalue weighted by molar-refractivity contribution is -0.263. The van der Waals surface area contributed by atoms with E-state index in [0.29, 0.717) is 37.1 Å². The number of benzene rings is 2. The van der Waals surface area contributed by atoms with Gasteiger partial charge in [0.25, 0.3) is 0 Å². The fourth-order valence-electron chi connectivity index (χ4n) is 3.16. The molecule has 1 fully saturated rings. The quantitative estimate of drug-likeness (QED) is 0.326.